The standard InChI is InChI=1S/C26H37N5/c1-3-29(4-2)17-19-31(20-18-30-15-8-5-9-16-30)23-12-10-11-22(21-23)26-27-24-13-6-7-14-25(24)28-26/h6-7,10-14,21H,3-5,8-9,15-20H2,1-2H3,(H,27,28). The van der Waals surface area contributed by atoms with Crippen LogP contribution in [0.2, 0.25) is 0 Å². The molecule has 0 atom stereocenters. The number of benzene rings is 2. The Morgan fingerprint density at radius 1 is 0.903 bits per heavy atom. The van der Waals surface area contributed by atoms with E-state index in [4.69, 9.17) is 4.98 Å². The second-order valence-electron chi connectivity index (χ2n) is 8.57. The first-order chi connectivity index (χ1) is 15.3. The SMILES string of the molecule is CCN(CC)CCN(CCN1CCCCC1)c1cccc(-c2nc3ccccc3[nH]2)c1. The van der Waals surface area contributed by atoms with E-state index in [1.807, 2.05) is 6.07 Å². The van der Waals surface area contributed by atoms with Gasteiger partial charge in [0.25, 0.3) is 0 Å². The molecule has 166 valence electrons. The van der Waals surface area contributed by atoms with Crippen molar-refractivity contribution in [1.82, 2.24) is 19.8 Å². The zero-order valence-electron chi connectivity index (χ0n) is 19.2. The molecule has 1 aromatic heterocycles. The molecule has 0 unspecified atom stereocenters. The van der Waals surface area contributed by atoms with Gasteiger partial charge in [-0.15, -0.1) is 0 Å². The Labute approximate surface area is 187 Å². The Bertz CT molecular complexity index is 907. The fourth-order valence-electron chi connectivity index (χ4n) is 4.56. The number of fused-ring (bicyclic) bond motifs is 1. The predicted molar refractivity (Wildman–Crippen MR) is 132 cm³/mol. The quantitative estimate of drug-likeness (QED) is 0.509. The second kappa shape index (κ2) is 10.8. The summed E-state index contributed by atoms with van der Waals surface area (Å²) >= 11 is 0. The lowest BCUT2D eigenvalue weighted by Crippen LogP contribution is -2.41. The monoisotopic (exact) mass is 419 g/mol. The minimum atomic E-state index is 0.947. The van der Waals surface area contributed by atoms with Crippen molar-refractivity contribution in [2.45, 2.75) is 33.1 Å². The molecule has 1 N–H and O–H groups in total. The summed E-state index contributed by atoms with van der Waals surface area (Å²) in [6, 6.07) is 17.1. The molecule has 1 aliphatic heterocycles. The van der Waals surface area contributed by atoms with Gasteiger partial charge in [0.2, 0.25) is 0 Å². The highest BCUT2D eigenvalue weighted by atomic mass is 15.2. The number of aromatic nitrogens is 2. The number of imidazole rings is 1. The number of hydrogen-bond donors (Lipinski definition) is 1. The van der Waals surface area contributed by atoms with Crippen molar-refractivity contribution >= 4 is 16.7 Å². The maximum atomic E-state index is 4.81. The topological polar surface area (TPSA) is 38.4 Å². The molecule has 5 nitrogen and oxygen atoms in total. The normalized spacial score (nSPS) is 15.1. The minimum Gasteiger partial charge on any atom is -0.369 e. The fourth-order valence-corrected chi connectivity index (χ4v) is 4.56. The Hall–Kier alpha value is -2.37. The molecule has 2 heterocycles. The third kappa shape index (κ3) is 5.66. The second-order valence-corrected chi connectivity index (χ2v) is 8.57. The summed E-state index contributed by atoms with van der Waals surface area (Å²) in [7, 11) is 0. The molecular formula is C26H37N5. The highest BCUT2D eigenvalue weighted by Crippen LogP contribution is 2.25. The Morgan fingerprint density at radius 3 is 2.48 bits per heavy atom. The van der Waals surface area contributed by atoms with Crippen molar-refractivity contribution in [3.05, 3.63) is 48.5 Å². The van der Waals surface area contributed by atoms with Crippen molar-refractivity contribution in [3.8, 4) is 11.4 Å². The summed E-state index contributed by atoms with van der Waals surface area (Å²) in [4.78, 5) is 16.0. The summed E-state index contributed by atoms with van der Waals surface area (Å²) in [5, 5.41) is 0. The highest BCUT2D eigenvalue weighted by molar-refractivity contribution is 5.79. The van der Waals surface area contributed by atoms with E-state index in [1.165, 1.54) is 38.0 Å². The molecule has 0 amide bonds. The van der Waals surface area contributed by atoms with E-state index in [0.29, 0.717) is 0 Å². The molecule has 2 aromatic carbocycles. The van der Waals surface area contributed by atoms with E-state index < -0.39 is 0 Å². The number of likely N-dealkylation sites (N-methyl/N-ethyl adjacent to an activating group) is 1. The number of nitrogens with one attached hydrogen (secondary N) is 1. The number of H-pyrrole nitrogens is 1. The van der Waals surface area contributed by atoms with E-state index in [2.05, 4.69) is 76.0 Å². The molecule has 5 heteroatoms. The van der Waals surface area contributed by atoms with Gasteiger partial charge in [-0.2, -0.15) is 0 Å². The average molecular weight is 420 g/mol. The summed E-state index contributed by atoms with van der Waals surface area (Å²) < 4.78 is 0. The smallest absolute Gasteiger partial charge is 0.138 e. The van der Waals surface area contributed by atoms with Crippen molar-refractivity contribution in [2.24, 2.45) is 0 Å². The number of aromatic amines is 1. The van der Waals surface area contributed by atoms with Crippen LogP contribution < -0.4 is 4.90 Å². The van der Waals surface area contributed by atoms with Gasteiger partial charge in [-0.05, 0) is 63.3 Å². The zero-order valence-corrected chi connectivity index (χ0v) is 19.2. The maximum Gasteiger partial charge on any atom is 0.138 e. The van der Waals surface area contributed by atoms with Gasteiger partial charge in [-0.1, -0.05) is 44.5 Å². The molecule has 31 heavy (non-hydrogen) atoms. The molecule has 0 bridgehead atoms. The number of rotatable bonds is 10. The first kappa shape index (κ1) is 21.8. The Kier molecular flexibility index (Phi) is 7.60. The number of likely N-dealkylation sites (tertiary alicyclic amines) is 1. The van der Waals surface area contributed by atoms with Crippen LogP contribution >= 0.6 is 0 Å². The van der Waals surface area contributed by atoms with E-state index in [1.54, 1.807) is 0 Å². The molecule has 4 rings (SSSR count). The van der Waals surface area contributed by atoms with Crippen molar-refractivity contribution in [2.75, 3.05) is 57.3 Å². The lowest BCUT2D eigenvalue weighted by atomic mass is 10.1. The van der Waals surface area contributed by atoms with Crippen LogP contribution in [0, 0.1) is 0 Å². The molecule has 3 aromatic rings. The van der Waals surface area contributed by atoms with Crippen LogP contribution in [0.4, 0.5) is 5.69 Å². The van der Waals surface area contributed by atoms with Gasteiger partial charge in [-0.25, -0.2) is 4.98 Å². The first-order valence-electron chi connectivity index (χ1n) is 12.0. The molecule has 0 spiro atoms. The van der Waals surface area contributed by atoms with Gasteiger partial charge in [0.05, 0.1) is 11.0 Å². The summed E-state index contributed by atoms with van der Waals surface area (Å²) in [6.07, 6.45) is 4.09. The van der Waals surface area contributed by atoms with E-state index in [-0.39, 0.29) is 0 Å². The van der Waals surface area contributed by atoms with Crippen molar-refractivity contribution in [3.63, 3.8) is 0 Å². The Balaban J connectivity index is 1.53. The van der Waals surface area contributed by atoms with Crippen LogP contribution in [0.3, 0.4) is 0 Å². The van der Waals surface area contributed by atoms with Gasteiger partial charge >= 0.3 is 0 Å². The molecular weight excluding hydrogens is 382 g/mol. The Morgan fingerprint density at radius 2 is 1.71 bits per heavy atom. The molecule has 1 aliphatic rings. The van der Waals surface area contributed by atoms with Crippen LogP contribution in [0.1, 0.15) is 33.1 Å². The van der Waals surface area contributed by atoms with E-state index in [0.717, 1.165) is 61.7 Å². The van der Waals surface area contributed by atoms with Crippen LogP contribution in [0.15, 0.2) is 48.5 Å². The minimum absolute atomic E-state index is 0.947. The summed E-state index contributed by atoms with van der Waals surface area (Å²) in [6.45, 7) is 13.6. The number of anilines is 1. The average Bonchev–Trinajstić information content (AvgIpc) is 3.27. The van der Waals surface area contributed by atoms with Crippen LogP contribution in [0.5, 0.6) is 0 Å². The highest BCUT2D eigenvalue weighted by Gasteiger charge is 2.15. The maximum absolute atomic E-state index is 4.81. The van der Waals surface area contributed by atoms with Crippen molar-refractivity contribution < 1.29 is 0 Å². The zero-order chi connectivity index (χ0) is 21.5. The van der Waals surface area contributed by atoms with Crippen molar-refractivity contribution in [1.29, 1.82) is 0 Å². The molecule has 0 saturated carbocycles. The molecule has 0 radical (unpaired) electrons. The fraction of sp³-hybridized carbons (Fsp3) is 0.500. The first-order valence-corrected chi connectivity index (χ1v) is 12.0. The van der Waals surface area contributed by atoms with Crippen LogP contribution in [-0.4, -0.2) is 72.1 Å². The largest absolute Gasteiger partial charge is 0.369 e. The van der Waals surface area contributed by atoms with Crippen LogP contribution in [-0.2, 0) is 0 Å². The number of nitrogens with zero attached hydrogens (tertiary/aromatic N) is 4. The van der Waals surface area contributed by atoms with Gasteiger partial charge in [-0.3, -0.25) is 0 Å². The van der Waals surface area contributed by atoms with Gasteiger partial charge < -0.3 is 19.7 Å². The molecule has 1 saturated heterocycles. The van der Waals surface area contributed by atoms with E-state index >= 15 is 0 Å². The van der Waals surface area contributed by atoms with Gasteiger partial charge in [0.15, 0.2) is 0 Å². The molecule has 1 fully saturated rings. The predicted octanol–water partition coefficient (Wildman–Crippen LogP) is 4.86. The summed E-state index contributed by atoms with van der Waals surface area (Å²) in [5.41, 5.74) is 4.56. The van der Waals surface area contributed by atoms with Gasteiger partial charge in [0.1, 0.15) is 5.82 Å². The van der Waals surface area contributed by atoms with Gasteiger partial charge in [0, 0.05) is 37.4 Å². The lowest BCUT2D eigenvalue weighted by Gasteiger charge is -2.32. The number of piperidine rings is 1. The third-order valence-electron chi connectivity index (χ3n) is 6.59. The number of para-hydroxylation sites is 2. The number of hydrogen-bond acceptors (Lipinski definition) is 4. The van der Waals surface area contributed by atoms with E-state index in [9.17, 15) is 0 Å². The van der Waals surface area contributed by atoms with Crippen LogP contribution in [0.25, 0.3) is 22.4 Å². The lowest BCUT2D eigenvalue weighted by molar-refractivity contribution is 0.231. The third-order valence-corrected chi connectivity index (χ3v) is 6.59. The molecule has 0 aliphatic carbocycles. The summed E-state index contributed by atoms with van der Waals surface area (Å²) in [5.74, 6) is 0.947.